The fourth-order valence-electron chi connectivity index (χ4n) is 2.46. The van der Waals surface area contributed by atoms with Gasteiger partial charge in [-0.25, -0.2) is 0 Å². The van der Waals surface area contributed by atoms with E-state index in [9.17, 15) is 0 Å². The Balaban J connectivity index is 0.000000151. The van der Waals surface area contributed by atoms with Crippen LogP contribution in [0.2, 0.25) is 0 Å². The van der Waals surface area contributed by atoms with Crippen molar-refractivity contribution in [2.75, 3.05) is 7.11 Å². The van der Waals surface area contributed by atoms with Gasteiger partial charge in [-0.3, -0.25) is 0 Å². The number of hydrogen-bond acceptors (Lipinski definition) is 2. The van der Waals surface area contributed by atoms with Crippen molar-refractivity contribution in [2.24, 2.45) is 0 Å². The minimum Gasteiger partial charge on any atom is -0.508 e. The third kappa shape index (κ3) is 3.61. The molecule has 0 aliphatic heterocycles. The number of ether oxygens (including phenoxy) is 1. The molecule has 0 aliphatic carbocycles. The third-order valence-corrected chi connectivity index (χ3v) is 3.69. The van der Waals surface area contributed by atoms with Crippen LogP contribution >= 0.6 is 0 Å². The maximum absolute atomic E-state index is 8.80. The highest BCUT2D eigenvalue weighted by Gasteiger charge is 1.95. The molecular formula is C21H18O2. The monoisotopic (exact) mass is 302 g/mol. The van der Waals surface area contributed by atoms with Gasteiger partial charge in [-0.15, -0.1) is 0 Å². The van der Waals surface area contributed by atoms with Crippen LogP contribution in [-0.2, 0) is 0 Å². The Labute approximate surface area is 135 Å². The summed E-state index contributed by atoms with van der Waals surface area (Å²) in [5, 5.41) is 14.0. The minimum atomic E-state index is 0.260. The molecule has 0 saturated carbocycles. The number of rotatable bonds is 1. The van der Waals surface area contributed by atoms with Gasteiger partial charge in [0, 0.05) is 0 Å². The molecule has 4 aromatic carbocycles. The first kappa shape index (κ1) is 14.9. The lowest BCUT2D eigenvalue weighted by atomic mass is 10.0. The van der Waals surface area contributed by atoms with Crippen LogP contribution in [0.1, 0.15) is 0 Å². The van der Waals surface area contributed by atoms with Gasteiger partial charge >= 0.3 is 0 Å². The van der Waals surface area contributed by atoms with Crippen LogP contribution in [-0.4, -0.2) is 12.2 Å². The van der Waals surface area contributed by atoms with Crippen LogP contribution in [0.5, 0.6) is 11.5 Å². The second kappa shape index (κ2) is 6.84. The van der Waals surface area contributed by atoms with Crippen molar-refractivity contribution in [3.05, 3.63) is 84.9 Å². The quantitative estimate of drug-likeness (QED) is 0.477. The molecule has 4 rings (SSSR count). The fourth-order valence-corrected chi connectivity index (χ4v) is 2.46. The topological polar surface area (TPSA) is 29.5 Å². The summed E-state index contributed by atoms with van der Waals surface area (Å²) in [6.07, 6.45) is 0. The van der Waals surface area contributed by atoms with E-state index in [2.05, 4.69) is 60.7 Å². The van der Waals surface area contributed by atoms with E-state index < -0.39 is 0 Å². The van der Waals surface area contributed by atoms with Crippen LogP contribution in [0.25, 0.3) is 21.5 Å². The van der Waals surface area contributed by atoms with E-state index in [1.807, 2.05) is 0 Å². The molecule has 4 aromatic rings. The summed E-state index contributed by atoms with van der Waals surface area (Å²) >= 11 is 0. The molecule has 0 atom stereocenters. The van der Waals surface area contributed by atoms with Gasteiger partial charge in [0.2, 0.25) is 0 Å². The van der Waals surface area contributed by atoms with Gasteiger partial charge in [0.1, 0.15) is 11.5 Å². The van der Waals surface area contributed by atoms with Crippen LogP contribution in [0.4, 0.5) is 0 Å². The van der Waals surface area contributed by atoms with Gasteiger partial charge in [-0.2, -0.15) is 0 Å². The Morgan fingerprint density at radius 2 is 1.00 bits per heavy atom. The molecule has 0 fully saturated rings. The Morgan fingerprint density at radius 3 is 1.35 bits per heavy atom. The van der Waals surface area contributed by atoms with E-state index in [1.54, 1.807) is 31.4 Å². The van der Waals surface area contributed by atoms with Crippen molar-refractivity contribution in [1.82, 2.24) is 0 Å². The van der Waals surface area contributed by atoms with Crippen LogP contribution in [0.3, 0.4) is 0 Å². The largest absolute Gasteiger partial charge is 0.508 e. The summed E-state index contributed by atoms with van der Waals surface area (Å²) in [5.41, 5.74) is 0. The number of benzene rings is 4. The van der Waals surface area contributed by atoms with Crippen LogP contribution in [0.15, 0.2) is 84.9 Å². The van der Waals surface area contributed by atoms with E-state index in [0.717, 1.165) is 5.75 Å². The zero-order chi connectivity index (χ0) is 16.1. The number of aromatic hydroxyl groups is 1. The molecule has 2 nitrogen and oxygen atoms in total. The lowest BCUT2D eigenvalue weighted by Gasteiger charge is -2.00. The Bertz CT molecular complexity index is 806. The van der Waals surface area contributed by atoms with E-state index in [1.165, 1.54) is 21.5 Å². The average Bonchev–Trinajstić information content (AvgIpc) is 2.61. The maximum Gasteiger partial charge on any atom is 0.119 e. The first-order valence-electron chi connectivity index (χ1n) is 7.47. The first-order chi connectivity index (χ1) is 11.3. The van der Waals surface area contributed by atoms with Gasteiger partial charge in [0.05, 0.1) is 7.11 Å². The summed E-state index contributed by atoms with van der Waals surface area (Å²) < 4.78 is 4.86. The Kier molecular flexibility index (Phi) is 4.44. The zero-order valence-corrected chi connectivity index (χ0v) is 12.9. The van der Waals surface area contributed by atoms with Crippen LogP contribution in [0, 0.1) is 0 Å². The zero-order valence-electron chi connectivity index (χ0n) is 12.9. The first-order valence-corrected chi connectivity index (χ1v) is 7.47. The van der Waals surface area contributed by atoms with Gasteiger partial charge in [0.15, 0.2) is 0 Å². The second-order valence-corrected chi connectivity index (χ2v) is 5.24. The van der Waals surface area contributed by atoms with Gasteiger partial charge in [-0.1, -0.05) is 48.5 Å². The van der Waals surface area contributed by atoms with Gasteiger partial charge < -0.3 is 9.84 Å². The predicted octanol–water partition coefficient (Wildman–Crippen LogP) is 5.39. The number of phenolic OH excluding ortho intramolecular Hbond substituents is 1. The minimum absolute atomic E-state index is 0.260. The molecule has 0 unspecified atom stereocenters. The SMILES string of the molecule is COc1ccc(O)cc1.c1ccc2cc3ccccc3cc2c1. The van der Waals surface area contributed by atoms with Crippen molar-refractivity contribution >= 4 is 21.5 Å². The van der Waals surface area contributed by atoms with Crippen molar-refractivity contribution < 1.29 is 9.84 Å². The molecular weight excluding hydrogens is 284 g/mol. The van der Waals surface area contributed by atoms with Gasteiger partial charge in [0.25, 0.3) is 0 Å². The Hall–Kier alpha value is -3.00. The highest BCUT2D eigenvalue weighted by Crippen LogP contribution is 2.22. The highest BCUT2D eigenvalue weighted by atomic mass is 16.5. The van der Waals surface area contributed by atoms with E-state index in [4.69, 9.17) is 9.84 Å². The molecule has 1 N–H and O–H groups in total. The van der Waals surface area contributed by atoms with E-state index >= 15 is 0 Å². The molecule has 23 heavy (non-hydrogen) atoms. The smallest absolute Gasteiger partial charge is 0.119 e. The second-order valence-electron chi connectivity index (χ2n) is 5.24. The standard InChI is InChI=1S/C14H10.C7H8O2/c1-2-6-12-10-14-8-4-3-7-13(14)9-11(12)5-1;1-9-7-4-2-6(8)3-5-7/h1-10H;2-5,8H,1H3. The molecule has 0 radical (unpaired) electrons. The third-order valence-electron chi connectivity index (χ3n) is 3.69. The molecule has 114 valence electrons. The molecule has 0 aliphatic rings. The van der Waals surface area contributed by atoms with Gasteiger partial charge in [-0.05, 0) is 57.9 Å². The molecule has 0 spiro atoms. The molecule has 2 heteroatoms. The Morgan fingerprint density at radius 1 is 0.609 bits per heavy atom. The lowest BCUT2D eigenvalue weighted by molar-refractivity contribution is 0.412. The van der Waals surface area contributed by atoms with E-state index in [0.29, 0.717) is 0 Å². The average molecular weight is 302 g/mol. The maximum atomic E-state index is 8.80. The van der Waals surface area contributed by atoms with Crippen molar-refractivity contribution in [1.29, 1.82) is 0 Å². The summed E-state index contributed by atoms with van der Waals surface area (Å²) in [4.78, 5) is 0. The highest BCUT2D eigenvalue weighted by molar-refractivity contribution is 5.98. The number of methoxy groups -OCH3 is 1. The molecule has 0 saturated heterocycles. The summed E-state index contributed by atoms with van der Waals surface area (Å²) in [6, 6.07) is 28.0. The van der Waals surface area contributed by atoms with Crippen molar-refractivity contribution in [3.63, 3.8) is 0 Å². The molecule has 0 amide bonds. The fraction of sp³-hybridized carbons (Fsp3) is 0.0476. The molecule has 0 bridgehead atoms. The number of hydrogen-bond donors (Lipinski definition) is 1. The summed E-state index contributed by atoms with van der Waals surface area (Å²) in [7, 11) is 1.59. The number of phenols is 1. The molecule has 0 heterocycles. The lowest BCUT2D eigenvalue weighted by Crippen LogP contribution is -1.79. The predicted molar refractivity (Wildman–Crippen MR) is 96.1 cm³/mol. The summed E-state index contributed by atoms with van der Waals surface area (Å²) in [5.74, 6) is 1.02. The normalized spacial score (nSPS) is 10.1. The van der Waals surface area contributed by atoms with Crippen molar-refractivity contribution in [2.45, 2.75) is 0 Å². The van der Waals surface area contributed by atoms with Crippen molar-refractivity contribution in [3.8, 4) is 11.5 Å². The van der Waals surface area contributed by atoms with E-state index in [-0.39, 0.29) is 5.75 Å². The van der Waals surface area contributed by atoms with Crippen LogP contribution < -0.4 is 4.74 Å². The molecule has 0 aromatic heterocycles. The number of fused-ring (bicyclic) bond motifs is 2. The summed E-state index contributed by atoms with van der Waals surface area (Å²) in [6.45, 7) is 0.